The predicted octanol–water partition coefficient (Wildman–Crippen LogP) is 1.60. The highest BCUT2D eigenvalue weighted by atomic mass is 16.5. The van der Waals surface area contributed by atoms with Gasteiger partial charge in [-0.05, 0) is 44.7 Å². The molecule has 0 saturated carbocycles. The summed E-state index contributed by atoms with van der Waals surface area (Å²) in [6.07, 6.45) is 4.02. The number of piperidine rings is 1. The number of nitrogens with one attached hydrogen (secondary N) is 1. The monoisotopic (exact) mass is 321 g/mol. The van der Waals surface area contributed by atoms with Crippen LogP contribution in [0.15, 0.2) is 10.6 Å². The van der Waals surface area contributed by atoms with Gasteiger partial charge in [-0.2, -0.15) is 0 Å². The van der Waals surface area contributed by atoms with E-state index in [1.807, 2.05) is 0 Å². The van der Waals surface area contributed by atoms with Crippen molar-refractivity contribution in [2.75, 3.05) is 32.8 Å². The molecular weight excluding hydrogens is 294 g/mol. The van der Waals surface area contributed by atoms with Gasteiger partial charge < -0.3 is 14.6 Å². The topological polar surface area (TPSA) is 67.6 Å². The minimum Gasteiger partial charge on any atom is -0.381 e. The van der Waals surface area contributed by atoms with E-state index in [1.54, 1.807) is 0 Å². The minimum atomic E-state index is 0.0642. The van der Waals surface area contributed by atoms with Crippen LogP contribution in [0.4, 0.5) is 0 Å². The van der Waals surface area contributed by atoms with E-state index < -0.39 is 0 Å². The van der Waals surface area contributed by atoms with Crippen molar-refractivity contribution < 1.29 is 14.1 Å². The van der Waals surface area contributed by atoms with Crippen molar-refractivity contribution in [2.24, 2.45) is 11.8 Å². The van der Waals surface area contributed by atoms with Gasteiger partial charge in [-0.15, -0.1) is 0 Å². The highest BCUT2D eigenvalue weighted by molar-refractivity contribution is 5.78. The molecule has 3 rings (SSSR count). The molecule has 0 bridgehead atoms. The van der Waals surface area contributed by atoms with Crippen LogP contribution >= 0.6 is 0 Å². The molecule has 6 nitrogen and oxygen atoms in total. The van der Waals surface area contributed by atoms with Crippen molar-refractivity contribution in [3.05, 3.63) is 17.5 Å². The molecule has 3 heterocycles. The first-order valence-electron chi connectivity index (χ1n) is 8.77. The van der Waals surface area contributed by atoms with Gasteiger partial charge in [0.2, 0.25) is 5.91 Å². The number of carbonyl (C=O) groups is 1. The van der Waals surface area contributed by atoms with Crippen molar-refractivity contribution in [1.29, 1.82) is 0 Å². The van der Waals surface area contributed by atoms with E-state index in [0.717, 1.165) is 69.9 Å². The second-order valence-corrected chi connectivity index (χ2v) is 6.66. The number of hydrogen-bond acceptors (Lipinski definition) is 5. The van der Waals surface area contributed by atoms with Gasteiger partial charge in [0.15, 0.2) is 5.76 Å². The van der Waals surface area contributed by atoms with Gasteiger partial charge in [0.1, 0.15) is 0 Å². The van der Waals surface area contributed by atoms with Crippen molar-refractivity contribution in [2.45, 2.75) is 39.2 Å². The zero-order chi connectivity index (χ0) is 16.1. The number of likely N-dealkylation sites (tertiary alicyclic amines) is 1. The summed E-state index contributed by atoms with van der Waals surface area (Å²) in [5, 5.41) is 7.15. The standard InChI is InChI=1S/C17H27N3O3/c1-2-15-9-16(23-19-15)11-20-6-3-13(4-7-20)10-18-17(21)14-5-8-22-12-14/h9,13-14H,2-8,10-12H2,1H3,(H,18,21). The molecule has 1 aromatic rings. The summed E-state index contributed by atoms with van der Waals surface area (Å²) in [7, 11) is 0. The molecule has 0 radical (unpaired) electrons. The van der Waals surface area contributed by atoms with Gasteiger partial charge in [0.05, 0.1) is 24.8 Å². The Kier molecular flexibility index (Phi) is 5.67. The number of nitrogens with zero attached hydrogens (tertiary/aromatic N) is 2. The number of ether oxygens (including phenoxy) is 1. The van der Waals surface area contributed by atoms with E-state index in [9.17, 15) is 4.79 Å². The van der Waals surface area contributed by atoms with Crippen LogP contribution in [0.25, 0.3) is 0 Å². The van der Waals surface area contributed by atoms with E-state index in [-0.39, 0.29) is 11.8 Å². The largest absolute Gasteiger partial charge is 0.381 e. The lowest BCUT2D eigenvalue weighted by molar-refractivity contribution is -0.125. The van der Waals surface area contributed by atoms with Crippen molar-refractivity contribution in [3.63, 3.8) is 0 Å². The maximum Gasteiger partial charge on any atom is 0.225 e. The molecule has 2 fully saturated rings. The fourth-order valence-corrected chi connectivity index (χ4v) is 3.30. The molecule has 2 saturated heterocycles. The number of rotatable bonds is 6. The number of aryl methyl sites for hydroxylation is 1. The Balaban J connectivity index is 1.35. The average Bonchev–Trinajstić information content (AvgIpc) is 3.25. The molecule has 0 aromatic carbocycles. The Morgan fingerprint density at radius 3 is 2.87 bits per heavy atom. The maximum atomic E-state index is 12.0. The SMILES string of the molecule is CCc1cc(CN2CCC(CNC(=O)C3CCOC3)CC2)on1. The van der Waals surface area contributed by atoms with Crippen molar-refractivity contribution >= 4 is 5.91 Å². The van der Waals surface area contributed by atoms with Crippen molar-refractivity contribution in [1.82, 2.24) is 15.4 Å². The predicted molar refractivity (Wildman–Crippen MR) is 85.8 cm³/mol. The molecule has 2 aliphatic rings. The minimum absolute atomic E-state index is 0.0642. The highest BCUT2D eigenvalue weighted by Crippen LogP contribution is 2.19. The lowest BCUT2D eigenvalue weighted by Crippen LogP contribution is -2.40. The normalized spacial score (nSPS) is 23.3. The zero-order valence-corrected chi connectivity index (χ0v) is 13.9. The van der Waals surface area contributed by atoms with E-state index in [1.165, 1.54) is 0 Å². The molecule has 1 N–H and O–H groups in total. The number of hydrogen-bond donors (Lipinski definition) is 1. The fraction of sp³-hybridized carbons (Fsp3) is 0.765. The Hall–Kier alpha value is -1.40. The van der Waals surface area contributed by atoms with Crippen LogP contribution in [0.3, 0.4) is 0 Å². The summed E-state index contributed by atoms with van der Waals surface area (Å²) >= 11 is 0. The molecule has 2 aliphatic heterocycles. The van der Waals surface area contributed by atoms with Gasteiger partial charge in [0, 0.05) is 19.2 Å². The molecule has 1 atom stereocenters. The summed E-state index contributed by atoms with van der Waals surface area (Å²) in [5.74, 6) is 1.77. The Morgan fingerprint density at radius 1 is 1.39 bits per heavy atom. The van der Waals surface area contributed by atoms with Gasteiger partial charge in [0.25, 0.3) is 0 Å². The van der Waals surface area contributed by atoms with Crippen molar-refractivity contribution in [3.8, 4) is 0 Å². The van der Waals surface area contributed by atoms with Gasteiger partial charge >= 0.3 is 0 Å². The summed E-state index contributed by atoms with van der Waals surface area (Å²) in [6, 6.07) is 2.05. The Morgan fingerprint density at radius 2 is 2.22 bits per heavy atom. The van der Waals surface area contributed by atoms with E-state index in [0.29, 0.717) is 12.5 Å². The summed E-state index contributed by atoms with van der Waals surface area (Å²) in [4.78, 5) is 14.4. The van der Waals surface area contributed by atoms with Crippen LogP contribution in [0.2, 0.25) is 0 Å². The number of aromatic nitrogens is 1. The molecule has 6 heteroatoms. The Labute approximate surface area is 137 Å². The summed E-state index contributed by atoms with van der Waals surface area (Å²) in [5.41, 5.74) is 1.02. The molecule has 1 unspecified atom stereocenters. The molecule has 23 heavy (non-hydrogen) atoms. The highest BCUT2D eigenvalue weighted by Gasteiger charge is 2.25. The molecule has 1 aromatic heterocycles. The zero-order valence-electron chi connectivity index (χ0n) is 13.9. The Bertz CT molecular complexity index is 503. The van der Waals surface area contributed by atoms with E-state index in [2.05, 4.69) is 28.4 Å². The molecular formula is C17H27N3O3. The van der Waals surface area contributed by atoms with Gasteiger partial charge in [-0.3, -0.25) is 9.69 Å². The number of carbonyl (C=O) groups excluding carboxylic acids is 1. The second kappa shape index (κ2) is 7.93. The van der Waals surface area contributed by atoms with E-state index in [4.69, 9.17) is 9.26 Å². The number of amides is 1. The van der Waals surface area contributed by atoms with Crippen LogP contribution in [0, 0.1) is 11.8 Å². The summed E-state index contributed by atoms with van der Waals surface area (Å²) in [6.45, 7) is 7.12. The third-order valence-corrected chi connectivity index (χ3v) is 4.92. The van der Waals surface area contributed by atoms with Crippen LogP contribution in [0.5, 0.6) is 0 Å². The first-order valence-corrected chi connectivity index (χ1v) is 8.77. The van der Waals surface area contributed by atoms with Crippen LogP contribution in [0.1, 0.15) is 37.6 Å². The van der Waals surface area contributed by atoms with Crippen LogP contribution < -0.4 is 5.32 Å². The van der Waals surface area contributed by atoms with Crippen LogP contribution in [-0.4, -0.2) is 48.8 Å². The van der Waals surface area contributed by atoms with E-state index >= 15 is 0 Å². The average molecular weight is 321 g/mol. The first-order chi connectivity index (χ1) is 11.2. The quantitative estimate of drug-likeness (QED) is 0.862. The third kappa shape index (κ3) is 4.54. The third-order valence-electron chi connectivity index (χ3n) is 4.92. The molecule has 0 aliphatic carbocycles. The van der Waals surface area contributed by atoms with Crippen LogP contribution in [-0.2, 0) is 22.5 Å². The molecule has 128 valence electrons. The fourth-order valence-electron chi connectivity index (χ4n) is 3.30. The maximum absolute atomic E-state index is 12.0. The van der Waals surface area contributed by atoms with Gasteiger partial charge in [-0.1, -0.05) is 12.1 Å². The first kappa shape index (κ1) is 16.5. The summed E-state index contributed by atoms with van der Waals surface area (Å²) < 4.78 is 10.6. The molecule has 1 amide bonds. The smallest absolute Gasteiger partial charge is 0.225 e. The lowest BCUT2D eigenvalue weighted by Gasteiger charge is -2.31. The van der Waals surface area contributed by atoms with Gasteiger partial charge in [-0.25, -0.2) is 0 Å². The second-order valence-electron chi connectivity index (χ2n) is 6.66. The lowest BCUT2D eigenvalue weighted by atomic mass is 9.96. The molecule has 0 spiro atoms.